The Morgan fingerprint density at radius 1 is 0.974 bits per heavy atom. The molecule has 39 heavy (non-hydrogen) atoms. The molecule has 2 aliphatic rings. The Morgan fingerprint density at radius 3 is 2.46 bits per heavy atom. The SMILES string of the molecule is Cc1ccc2c(ccn2-c2ccnc(Nc3ccc(S(=O)(=O)N4CCC(O)(CN5CCCC5)CC4)cc3)n2)c1. The summed E-state index contributed by atoms with van der Waals surface area (Å²) in [7, 11) is -3.64. The lowest BCUT2D eigenvalue weighted by atomic mass is 9.92. The molecular weight excluding hydrogens is 512 g/mol. The number of hydrogen-bond donors (Lipinski definition) is 2. The number of aromatic nitrogens is 3. The van der Waals surface area contributed by atoms with Crippen LogP contribution in [0.2, 0.25) is 0 Å². The molecule has 2 aliphatic heterocycles. The van der Waals surface area contributed by atoms with Crippen LogP contribution in [0.4, 0.5) is 11.6 Å². The summed E-state index contributed by atoms with van der Waals surface area (Å²) >= 11 is 0. The van der Waals surface area contributed by atoms with Crippen LogP contribution in [0.3, 0.4) is 0 Å². The predicted molar refractivity (Wildman–Crippen MR) is 152 cm³/mol. The van der Waals surface area contributed by atoms with Crippen molar-refractivity contribution >= 4 is 32.6 Å². The first-order valence-electron chi connectivity index (χ1n) is 13.5. The van der Waals surface area contributed by atoms with E-state index in [2.05, 4.69) is 51.4 Å². The minimum Gasteiger partial charge on any atom is -0.388 e. The van der Waals surface area contributed by atoms with Gasteiger partial charge in [-0.15, -0.1) is 0 Å². The quantitative estimate of drug-likeness (QED) is 0.360. The molecule has 10 heteroatoms. The Balaban J connectivity index is 1.12. The molecule has 0 radical (unpaired) electrons. The van der Waals surface area contributed by atoms with E-state index >= 15 is 0 Å². The molecular formula is C29H34N6O3S. The normalized spacial score (nSPS) is 18.5. The standard InChI is InChI=1S/C29H34N6O3S/c1-22-4-9-26-23(20-22)11-17-35(26)27-10-14-30-28(32-27)31-24-5-7-25(8-6-24)39(37,38)34-18-12-29(36,13-19-34)21-33-15-2-3-16-33/h4-11,14,17,20,36H,2-3,12-13,15-16,18-19,21H2,1H3,(H,30,31,32). The van der Waals surface area contributed by atoms with Gasteiger partial charge in [-0.1, -0.05) is 11.6 Å². The van der Waals surface area contributed by atoms with Gasteiger partial charge in [-0.05, 0) is 94.2 Å². The van der Waals surface area contributed by atoms with Gasteiger partial charge in [-0.25, -0.2) is 13.4 Å². The summed E-state index contributed by atoms with van der Waals surface area (Å²) < 4.78 is 30.1. The fraction of sp³-hybridized carbons (Fsp3) is 0.379. The number of anilines is 2. The zero-order valence-electron chi connectivity index (χ0n) is 22.1. The van der Waals surface area contributed by atoms with Crippen molar-refractivity contribution in [3.05, 3.63) is 72.6 Å². The fourth-order valence-corrected chi connectivity index (χ4v) is 7.09. The second-order valence-electron chi connectivity index (χ2n) is 10.7. The maximum Gasteiger partial charge on any atom is 0.243 e. The van der Waals surface area contributed by atoms with E-state index in [4.69, 9.17) is 0 Å². The third-order valence-electron chi connectivity index (χ3n) is 7.85. The number of aliphatic hydroxyl groups is 1. The van der Waals surface area contributed by atoms with Crippen LogP contribution in [-0.4, -0.2) is 75.6 Å². The van der Waals surface area contributed by atoms with E-state index < -0.39 is 15.6 Å². The van der Waals surface area contributed by atoms with Crippen molar-refractivity contribution in [2.45, 2.75) is 43.1 Å². The summed E-state index contributed by atoms with van der Waals surface area (Å²) in [6, 6.07) is 16.9. The summed E-state index contributed by atoms with van der Waals surface area (Å²) in [4.78, 5) is 11.5. The van der Waals surface area contributed by atoms with E-state index in [1.165, 1.54) is 22.7 Å². The van der Waals surface area contributed by atoms with E-state index in [1.54, 1.807) is 30.5 Å². The lowest BCUT2D eigenvalue weighted by molar-refractivity contribution is -0.0284. The zero-order chi connectivity index (χ0) is 27.0. The fourth-order valence-electron chi connectivity index (χ4n) is 5.65. The Bertz CT molecular complexity index is 1570. The molecule has 0 aliphatic carbocycles. The van der Waals surface area contributed by atoms with Gasteiger partial charge < -0.3 is 19.9 Å². The van der Waals surface area contributed by atoms with Gasteiger partial charge >= 0.3 is 0 Å². The highest BCUT2D eigenvalue weighted by atomic mass is 32.2. The van der Waals surface area contributed by atoms with E-state index in [1.807, 2.05) is 16.8 Å². The van der Waals surface area contributed by atoms with E-state index in [9.17, 15) is 13.5 Å². The monoisotopic (exact) mass is 546 g/mol. The van der Waals surface area contributed by atoms with Crippen LogP contribution in [0.25, 0.3) is 16.7 Å². The number of fused-ring (bicyclic) bond motifs is 1. The molecule has 9 nitrogen and oxygen atoms in total. The van der Waals surface area contributed by atoms with Gasteiger partial charge in [0.2, 0.25) is 16.0 Å². The van der Waals surface area contributed by atoms with Crippen LogP contribution in [-0.2, 0) is 10.0 Å². The van der Waals surface area contributed by atoms with E-state index in [-0.39, 0.29) is 4.90 Å². The average molecular weight is 547 g/mol. The lowest BCUT2D eigenvalue weighted by Crippen LogP contribution is -2.51. The van der Waals surface area contributed by atoms with Crippen LogP contribution < -0.4 is 5.32 Å². The number of benzene rings is 2. The summed E-state index contributed by atoms with van der Waals surface area (Å²) in [5.74, 6) is 1.16. The number of aryl methyl sites for hydroxylation is 1. The third kappa shape index (κ3) is 5.42. The van der Waals surface area contributed by atoms with E-state index in [0.717, 1.165) is 29.8 Å². The number of likely N-dealkylation sites (tertiary alicyclic amines) is 1. The maximum absolute atomic E-state index is 13.3. The van der Waals surface area contributed by atoms with Gasteiger partial charge in [0.1, 0.15) is 5.82 Å². The molecule has 2 aromatic carbocycles. The number of nitrogens with one attached hydrogen (secondary N) is 1. The van der Waals surface area contributed by atoms with Crippen LogP contribution in [0.5, 0.6) is 0 Å². The molecule has 2 fully saturated rings. The zero-order valence-corrected chi connectivity index (χ0v) is 22.9. The molecule has 204 valence electrons. The number of rotatable bonds is 7. The minimum atomic E-state index is -3.64. The van der Waals surface area contributed by atoms with Gasteiger partial charge in [0, 0.05) is 43.1 Å². The van der Waals surface area contributed by atoms with Gasteiger partial charge in [0.05, 0.1) is 16.0 Å². The molecule has 0 amide bonds. The molecule has 2 N–H and O–H groups in total. The molecule has 2 aromatic heterocycles. The largest absolute Gasteiger partial charge is 0.388 e. The first-order valence-corrected chi connectivity index (χ1v) is 15.0. The van der Waals surface area contributed by atoms with Gasteiger partial charge in [-0.3, -0.25) is 0 Å². The maximum atomic E-state index is 13.3. The van der Waals surface area contributed by atoms with Crippen LogP contribution >= 0.6 is 0 Å². The van der Waals surface area contributed by atoms with Crippen molar-refractivity contribution in [2.75, 3.05) is 38.0 Å². The third-order valence-corrected chi connectivity index (χ3v) is 9.76. The van der Waals surface area contributed by atoms with Gasteiger partial charge in [0.25, 0.3) is 0 Å². The van der Waals surface area contributed by atoms with E-state index in [0.29, 0.717) is 44.1 Å². The Kier molecular flexibility index (Phi) is 6.88. The number of sulfonamides is 1. The summed E-state index contributed by atoms with van der Waals surface area (Å²) in [6.07, 6.45) is 6.93. The molecule has 0 bridgehead atoms. The van der Waals surface area contributed by atoms with Crippen LogP contribution in [0.1, 0.15) is 31.2 Å². The Morgan fingerprint density at radius 2 is 1.72 bits per heavy atom. The van der Waals surface area contributed by atoms with Crippen molar-refractivity contribution in [1.29, 1.82) is 0 Å². The number of piperidine rings is 1. The van der Waals surface area contributed by atoms with Gasteiger partial charge in [-0.2, -0.15) is 9.29 Å². The van der Waals surface area contributed by atoms with Crippen molar-refractivity contribution < 1.29 is 13.5 Å². The molecule has 2 saturated heterocycles. The predicted octanol–water partition coefficient (Wildman–Crippen LogP) is 4.08. The molecule has 4 aromatic rings. The highest BCUT2D eigenvalue weighted by molar-refractivity contribution is 7.89. The average Bonchev–Trinajstić information content (AvgIpc) is 3.59. The highest BCUT2D eigenvalue weighted by Crippen LogP contribution is 2.29. The van der Waals surface area contributed by atoms with Crippen molar-refractivity contribution in [3.63, 3.8) is 0 Å². The van der Waals surface area contributed by atoms with Crippen LogP contribution in [0.15, 0.2) is 71.9 Å². The number of nitrogens with zero attached hydrogens (tertiary/aromatic N) is 5. The summed E-state index contributed by atoms with van der Waals surface area (Å²) in [5, 5.41) is 15.3. The van der Waals surface area contributed by atoms with Crippen molar-refractivity contribution in [1.82, 2.24) is 23.7 Å². The Hall–Kier alpha value is -3.31. The molecule has 0 unspecified atom stereocenters. The van der Waals surface area contributed by atoms with Crippen LogP contribution in [0, 0.1) is 6.92 Å². The molecule has 0 atom stereocenters. The van der Waals surface area contributed by atoms with Crippen molar-refractivity contribution in [3.8, 4) is 5.82 Å². The molecule has 0 saturated carbocycles. The second kappa shape index (κ2) is 10.3. The van der Waals surface area contributed by atoms with Crippen molar-refractivity contribution in [2.24, 2.45) is 0 Å². The summed E-state index contributed by atoms with van der Waals surface area (Å²) in [6.45, 7) is 5.38. The van der Waals surface area contributed by atoms with Gasteiger partial charge in [0.15, 0.2) is 0 Å². The number of β-amino-alcohol motifs (C(OH)–C–C–N with tert-alkyl or cyclic N) is 1. The highest BCUT2D eigenvalue weighted by Gasteiger charge is 2.38. The molecule has 6 rings (SSSR count). The molecule has 0 spiro atoms. The minimum absolute atomic E-state index is 0.238. The molecule has 4 heterocycles. The topological polar surface area (TPSA) is 104 Å². The Labute approximate surface area is 229 Å². The summed E-state index contributed by atoms with van der Waals surface area (Å²) in [5.41, 5.74) is 2.14. The lowest BCUT2D eigenvalue weighted by Gasteiger charge is -2.39. The smallest absolute Gasteiger partial charge is 0.243 e. The number of hydrogen-bond acceptors (Lipinski definition) is 7. The second-order valence-corrected chi connectivity index (χ2v) is 12.7. The first kappa shape index (κ1) is 25.9. The first-order chi connectivity index (χ1) is 18.8.